The van der Waals surface area contributed by atoms with E-state index >= 15 is 0 Å². The van der Waals surface area contributed by atoms with E-state index < -0.39 is 12.1 Å². The fraction of sp³-hybridized carbons (Fsp3) is 0.375. The Balaban J connectivity index is 1.05. The van der Waals surface area contributed by atoms with Crippen LogP contribution in [0.1, 0.15) is 65.3 Å². The quantitative estimate of drug-likeness (QED) is 0.366. The van der Waals surface area contributed by atoms with Crippen LogP contribution in [-0.2, 0) is 6.54 Å². The lowest BCUT2D eigenvalue weighted by atomic mass is 10.0. The number of nitrogens with one attached hydrogen (secondary N) is 1. The predicted octanol–water partition coefficient (Wildman–Crippen LogP) is 5.45. The van der Waals surface area contributed by atoms with Crippen molar-refractivity contribution < 1.29 is 29.0 Å². The molecule has 5 rings (SSSR count). The molecule has 3 aromatic rings. The average Bonchev–Trinajstić information content (AvgIpc) is 3.00. The third kappa shape index (κ3) is 7.64. The molecule has 10 nitrogen and oxygen atoms in total. The Morgan fingerprint density at radius 1 is 0.905 bits per heavy atom. The second-order valence-corrected chi connectivity index (χ2v) is 10.9. The minimum Gasteiger partial charge on any atom is -0.490 e. The molecule has 1 aromatic heterocycles. The number of ether oxygens (including phenoxy) is 2. The molecule has 2 fully saturated rings. The van der Waals surface area contributed by atoms with Crippen molar-refractivity contribution in [2.75, 3.05) is 25.0 Å². The fourth-order valence-electron chi connectivity index (χ4n) is 5.29. The number of anilines is 1. The van der Waals surface area contributed by atoms with E-state index in [-0.39, 0.29) is 23.5 Å². The number of hydrogen-bond donors (Lipinski definition) is 2. The maximum absolute atomic E-state index is 12.7. The first-order valence-corrected chi connectivity index (χ1v) is 14.4. The minimum absolute atomic E-state index is 0.0830. The van der Waals surface area contributed by atoms with Crippen molar-refractivity contribution in [2.24, 2.45) is 0 Å². The average molecular weight is 573 g/mol. The lowest BCUT2D eigenvalue weighted by Crippen LogP contribution is -2.43. The number of pyridine rings is 1. The Bertz CT molecular complexity index is 1370. The number of carboxylic acids is 1. The number of likely N-dealkylation sites (tertiary alicyclic amines) is 2. The highest BCUT2D eigenvalue weighted by Crippen LogP contribution is 2.22. The molecule has 0 radical (unpaired) electrons. The van der Waals surface area contributed by atoms with Crippen LogP contribution in [0.4, 0.5) is 10.5 Å². The number of carbonyl (C=O) groups excluding carboxylic acids is 2. The van der Waals surface area contributed by atoms with Crippen molar-refractivity contribution in [1.29, 1.82) is 0 Å². The molecule has 2 amide bonds. The number of benzene rings is 2. The number of rotatable bonds is 8. The van der Waals surface area contributed by atoms with Crippen LogP contribution >= 0.6 is 0 Å². The van der Waals surface area contributed by atoms with E-state index in [1.807, 2.05) is 24.3 Å². The van der Waals surface area contributed by atoms with Gasteiger partial charge in [0.2, 0.25) is 5.88 Å². The maximum Gasteiger partial charge on any atom is 0.416 e. The second kappa shape index (κ2) is 13.5. The van der Waals surface area contributed by atoms with Gasteiger partial charge in [0.05, 0.1) is 17.4 Å². The van der Waals surface area contributed by atoms with Crippen molar-refractivity contribution in [3.05, 3.63) is 83.6 Å². The molecule has 2 aromatic carbocycles. The van der Waals surface area contributed by atoms with Gasteiger partial charge in [-0.25, -0.2) is 14.6 Å². The van der Waals surface area contributed by atoms with Gasteiger partial charge in [0.1, 0.15) is 11.9 Å². The van der Waals surface area contributed by atoms with Crippen molar-refractivity contribution in [1.82, 2.24) is 14.8 Å². The number of carbonyl (C=O) groups is 3. The van der Waals surface area contributed by atoms with E-state index in [1.54, 1.807) is 29.2 Å². The molecular weight excluding hydrogens is 536 g/mol. The number of aromatic nitrogens is 1. The van der Waals surface area contributed by atoms with Crippen LogP contribution in [0.3, 0.4) is 0 Å². The van der Waals surface area contributed by atoms with Gasteiger partial charge in [-0.2, -0.15) is 0 Å². The highest BCUT2D eigenvalue weighted by molar-refractivity contribution is 6.04. The Morgan fingerprint density at radius 2 is 1.62 bits per heavy atom. The summed E-state index contributed by atoms with van der Waals surface area (Å²) in [6, 6.07) is 17.7. The zero-order valence-electron chi connectivity index (χ0n) is 23.7. The van der Waals surface area contributed by atoms with E-state index in [4.69, 9.17) is 14.6 Å². The van der Waals surface area contributed by atoms with E-state index in [1.165, 1.54) is 43.2 Å². The summed E-state index contributed by atoms with van der Waals surface area (Å²) in [5.41, 5.74) is 2.45. The summed E-state index contributed by atoms with van der Waals surface area (Å²) in [6.07, 6.45) is 5.88. The summed E-state index contributed by atoms with van der Waals surface area (Å²) in [7, 11) is 0. The number of carboxylic acid groups (broad SMARTS) is 1. The van der Waals surface area contributed by atoms with E-state index in [2.05, 4.69) is 22.1 Å². The molecule has 10 heteroatoms. The predicted molar refractivity (Wildman–Crippen MR) is 157 cm³/mol. The summed E-state index contributed by atoms with van der Waals surface area (Å²) < 4.78 is 11.4. The molecule has 0 spiro atoms. The normalized spacial score (nSPS) is 17.8. The van der Waals surface area contributed by atoms with Crippen LogP contribution in [0.15, 0.2) is 66.9 Å². The molecule has 0 aliphatic carbocycles. The summed E-state index contributed by atoms with van der Waals surface area (Å²) in [5.74, 6) is -0.480. The molecule has 2 aliphatic rings. The first-order chi connectivity index (χ1) is 20.3. The zero-order chi connectivity index (χ0) is 29.5. The summed E-state index contributed by atoms with van der Waals surface area (Å²) in [6.45, 7) is 5.20. The fourth-order valence-corrected chi connectivity index (χ4v) is 5.29. The topological polar surface area (TPSA) is 121 Å². The smallest absolute Gasteiger partial charge is 0.416 e. The molecule has 220 valence electrons. The van der Waals surface area contributed by atoms with Crippen LogP contribution in [0.2, 0.25) is 0 Å². The molecule has 2 aliphatic heterocycles. The highest BCUT2D eigenvalue weighted by Gasteiger charge is 2.26. The summed E-state index contributed by atoms with van der Waals surface area (Å²) in [5, 5.41) is 11.9. The SMILES string of the molecule is CC1CCCCN1Cc1ccc(C(=O)Nc2ccc(OC(=O)N3CCC(Oc4ccc(C(=O)O)cc4)CC3)nc2)cc1. The summed E-state index contributed by atoms with van der Waals surface area (Å²) >= 11 is 0. The monoisotopic (exact) mass is 572 g/mol. The third-order valence-electron chi connectivity index (χ3n) is 7.83. The van der Waals surface area contributed by atoms with Crippen LogP contribution in [-0.4, -0.2) is 69.6 Å². The molecule has 2 N–H and O–H groups in total. The standard InChI is InChI=1S/C32H36N4O6/c1-22-4-2-3-17-36(22)21-23-5-7-24(8-6-23)30(37)34-26-11-14-29(33-20-26)42-32(40)35-18-15-28(16-19-35)41-27-12-9-25(10-13-27)31(38)39/h5-14,20,22,28H,2-4,15-19,21H2,1H3,(H,34,37)(H,38,39). The number of amides is 2. The lowest BCUT2D eigenvalue weighted by molar-refractivity contribution is 0.0696. The van der Waals surface area contributed by atoms with Crippen molar-refractivity contribution in [2.45, 2.75) is 57.7 Å². The van der Waals surface area contributed by atoms with Gasteiger partial charge < -0.3 is 24.8 Å². The van der Waals surface area contributed by atoms with Crippen molar-refractivity contribution >= 4 is 23.7 Å². The minimum atomic E-state index is -0.985. The molecule has 3 heterocycles. The second-order valence-electron chi connectivity index (χ2n) is 10.9. The van der Waals surface area contributed by atoms with Gasteiger partial charge in [-0.1, -0.05) is 18.6 Å². The first-order valence-electron chi connectivity index (χ1n) is 14.4. The molecule has 0 bridgehead atoms. The van der Waals surface area contributed by atoms with E-state index in [0.29, 0.717) is 49.0 Å². The Kier molecular flexibility index (Phi) is 9.33. The molecule has 1 atom stereocenters. The first kappa shape index (κ1) is 29.1. The maximum atomic E-state index is 12.7. The number of aromatic carboxylic acids is 1. The van der Waals surface area contributed by atoms with Gasteiger partial charge in [-0.05, 0) is 74.3 Å². The molecule has 1 unspecified atom stereocenters. The number of piperidine rings is 2. The number of hydrogen-bond acceptors (Lipinski definition) is 7. The van der Waals surface area contributed by atoms with Crippen molar-refractivity contribution in [3.8, 4) is 11.6 Å². The highest BCUT2D eigenvalue weighted by atomic mass is 16.6. The largest absolute Gasteiger partial charge is 0.490 e. The third-order valence-corrected chi connectivity index (χ3v) is 7.83. The van der Waals surface area contributed by atoms with Crippen LogP contribution in [0.25, 0.3) is 0 Å². The Labute approximate surface area is 245 Å². The molecule has 2 saturated heterocycles. The van der Waals surface area contributed by atoms with Crippen LogP contribution in [0, 0.1) is 0 Å². The summed E-state index contributed by atoms with van der Waals surface area (Å²) in [4.78, 5) is 44.7. The Hall–Kier alpha value is -4.44. The molecular formula is C32H36N4O6. The molecule has 0 saturated carbocycles. The van der Waals surface area contributed by atoms with Crippen molar-refractivity contribution in [3.63, 3.8) is 0 Å². The van der Waals surface area contributed by atoms with Crippen LogP contribution in [0.5, 0.6) is 11.6 Å². The number of nitrogens with zero attached hydrogens (tertiary/aromatic N) is 3. The van der Waals surface area contributed by atoms with Gasteiger partial charge >= 0.3 is 12.1 Å². The Morgan fingerprint density at radius 3 is 2.26 bits per heavy atom. The van der Waals surface area contributed by atoms with Gasteiger partial charge in [0, 0.05) is 50.1 Å². The lowest BCUT2D eigenvalue weighted by Gasteiger charge is -2.33. The van der Waals surface area contributed by atoms with E-state index in [0.717, 1.165) is 13.1 Å². The van der Waals surface area contributed by atoms with Gasteiger partial charge in [-0.3, -0.25) is 9.69 Å². The van der Waals surface area contributed by atoms with E-state index in [9.17, 15) is 14.4 Å². The van der Waals surface area contributed by atoms with Gasteiger partial charge in [-0.15, -0.1) is 0 Å². The van der Waals surface area contributed by atoms with Crippen LogP contribution < -0.4 is 14.8 Å². The zero-order valence-corrected chi connectivity index (χ0v) is 23.7. The molecule has 42 heavy (non-hydrogen) atoms. The van der Waals surface area contributed by atoms with Gasteiger partial charge in [0.15, 0.2) is 0 Å². The van der Waals surface area contributed by atoms with Gasteiger partial charge in [0.25, 0.3) is 5.91 Å².